The summed E-state index contributed by atoms with van der Waals surface area (Å²) in [6.45, 7) is 10.1. The molecule has 0 unspecified atom stereocenters. The van der Waals surface area contributed by atoms with E-state index in [9.17, 15) is 9.90 Å². The van der Waals surface area contributed by atoms with Crippen molar-refractivity contribution in [3.05, 3.63) is 77.3 Å². The fourth-order valence-corrected chi connectivity index (χ4v) is 2.79. The van der Waals surface area contributed by atoms with E-state index in [4.69, 9.17) is 0 Å². The van der Waals surface area contributed by atoms with Gasteiger partial charge in [0.15, 0.2) is 0 Å². The minimum atomic E-state index is -1.10. The summed E-state index contributed by atoms with van der Waals surface area (Å²) in [6, 6.07) is 14.7. The Hall–Kier alpha value is -1.91. The Balaban J connectivity index is 0.00000225. The Labute approximate surface area is 172 Å². The Bertz CT molecular complexity index is 876. The molecule has 125 valence electrons. The minimum Gasteiger partial charge on any atom is -0.533 e. The van der Waals surface area contributed by atoms with Crippen LogP contribution in [0, 0.1) is 33.8 Å². The van der Waals surface area contributed by atoms with Crippen LogP contribution in [-0.2, 0) is 32.7 Å². The number of carbonyl (C=O) groups is 1. The molecule has 2 aromatic carbocycles. The Kier molecular flexibility index (Phi) is 5.86. The summed E-state index contributed by atoms with van der Waals surface area (Å²) >= 11 is 0. The third-order valence-electron chi connectivity index (χ3n) is 3.95. The topological polar surface area (TPSA) is 55.1 Å². The van der Waals surface area contributed by atoms with E-state index in [0.717, 1.165) is 33.5 Å². The number of carboxylic acids is 1. The van der Waals surface area contributed by atoms with Crippen molar-refractivity contribution in [1.82, 2.24) is 9.78 Å². The molecule has 0 bridgehead atoms. The zero-order valence-electron chi connectivity index (χ0n) is 14.5. The molecule has 0 amide bonds. The number of hydrogen-bond donors (Lipinski definition) is 1. The molecule has 4 nitrogen and oxygen atoms in total. The number of nitrogens with zero attached hydrogens (tertiary/aromatic N) is 2. The molecule has 0 saturated heterocycles. The molecule has 0 aliphatic rings. The molecule has 3 aromatic rings. The summed E-state index contributed by atoms with van der Waals surface area (Å²) in [6.07, 6.45) is 0. The maximum absolute atomic E-state index is 11.4. The maximum Gasteiger partial charge on any atom is 0.249 e. The smallest absolute Gasteiger partial charge is 0.249 e. The molecule has 1 N–H and O–H groups in total. The summed E-state index contributed by atoms with van der Waals surface area (Å²) < 4.78 is 1.64. The molecule has 0 atom stereocenters. The molecule has 5 heteroatoms. The van der Waals surface area contributed by atoms with Gasteiger partial charge in [0.2, 0.25) is 5.97 Å². The van der Waals surface area contributed by atoms with Crippen molar-refractivity contribution in [2.24, 2.45) is 0 Å². The molecular weight excluding hydrogens is 389 g/mol. The fraction of sp³-hybridized carbons (Fsp3) is 0.150. The predicted molar refractivity (Wildman–Crippen MR) is 93.5 cm³/mol. The van der Waals surface area contributed by atoms with E-state index in [0.29, 0.717) is 5.69 Å². The second-order valence-electron chi connectivity index (χ2n) is 5.99. The van der Waals surface area contributed by atoms with Crippen LogP contribution in [0.1, 0.15) is 32.7 Å². The SMILES string of the molecule is [CH2-]c1cc(C)ccc1-c1[c-]c(C(=O)O)nn1-c1ccc(C)cc1C.[Y]. The number of aromatic nitrogens is 2. The molecule has 0 aliphatic carbocycles. The van der Waals surface area contributed by atoms with Gasteiger partial charge < -0.3 is 9.90 Å². The van der Waals surface area contributed by atoms with Gasteiger partial charge in [-0.05, 0) is 31.2 Å². The van der Waals surface area contributed by atoms with E-state index in [-0.39, 0.29) is 38.4 Å². The minimum absolute atomic E-state index is 0. The summed E-state index contributed by atoms with van der Waals surface area (Å²) in [5.41, 5.74) is 6.21. The van der Waals surface area contributed by atoms with Crippen LogP contribution in [0.15, 0.2) is 36.4 Å². The van der Waals surface area contributed by atoms with E-state index in [1.807, 2.05) is 57.2 Å². The summed E-state index contributed by atoms with van der Waals surface area (Å²) in [7, 11) is 0. The first-order valence-electron chi connectivity index (χ1n) is 7.63. The van der Waals surface area contributed by atoms with Crippen molar-refractivity contribution in [3.63, 3.8) is 0 Å². The van der Waals surface area contributed by atoms with Gasteiger partial charge in [-0.1, -0.05) is 30.7 Å². The van der Waals surface area contributed by atoms with E-state index >= 15 is 0 Å². The van der Waals surface area contributed by atoms with E-state index in [1.54, 1.807) is 4.68 Å². The Morgan fingerprint density at radius 3 is 2.36 bits per heavy atom. The van der Waals surface area contributed by atoms with Gasteiger partial charge in [-0.25, -0.2) is 0 Å². The Morgan fingerprint density at radius 2 is 1.76 bits per heavy atom. The van der Waals surface area contributed by atoms with Crippen LogP contribution in [0.4, 0.5) is 0 Å². The molecule has 0 fully saturated rings. The molecule has 1 heterocycles. The molecule has 0 saturated carbocycles. The zero-order chi connectivity index (χ0) is 17.4. The quantitative estimate of drug-likeness (QED) is 0.664. The van der Waals surface area contributed by atoms with Crippen LogP contribution in [0.5, 0.6) is 0 Å². The molecule has 3 rings (SSSR count). The van der Waals surface area contributed by atoms with Crippen molar-refractivity contribution in [1.29, 1.82) is 0 Å². The number of aromatic carboxylic acids is 1. The average Bonchev–Trinajstić information content (AvgIpc) is 2.92. The zero-order valence-corrected chi connectivity index (χ0v) is 17.3. The molecule has 0 aliphatic heterocycles. The van der Waals surface area contributed by atoms with Crippen LogP contribution in [0.3, 0.4) is 0 Å². The number of carboxylic acid groups (broad SMARTS) is 1. The van der Waals surface area contributed by atoms with Crippen molar-refractivity contribution >= 4 is 5.97 Å². The van der Waals surface area contributed by atoms with Gasteiger partial charge in [-0.15, -0.1) is 23.3 Å². The van der Waals surface area contributed by atoms with Gasteiger partial charge in [0.05, 0.1) is 11.4 Å². The first-order chi connectivity index (χ1) is 11.4. The first-order valence-corrected chi connectivity index (χ1v) is 7.63. The average molecular weight is 407 g/mol. The summed E-state index contributed by atoms with van der Waals surface area (Å²) in [5, 5.41) is 13.6. The molecule has 1 aromatic heterocycles. The normalized spacial score (nSPS) is 10.4. The molecule has 25 heavy (non-hydrogen) atoms. The van der Waals surface area contributed by atoms with Gasteiger partial charge in [-0.2, -0.15) is 23.7 Å². The van der Waals surface area contributed by atoms with Gasteiger partial charge in [0, 0.05) is 32.7 Å². The fourth-order valence-electron chi connectivity index (χ4n) is 2.79. The standard InChI is InChI=1S/C20H18N2O2.Y/c1-12-5-7-16(14(3)9-12)19-11-17(20(23)24)21-22(19)18-8-6-13(2)10-15(18)4;/h5-10H,3H2,1-2,4H3,(H,23,24);/q-2;. The van der Waals surface area contributed by atoms with Gasteiger partial charge in [-0.3, -0.25) is 4.68 Å². The van der Waals surface area contributed by atoms with Crippen LogP contribution < -0.4 is 0 Å². The van der Waals surface area contributed by atoms with Crippen molar-refractivity contribution in [3.8, 4) is 16.9 Å². The summed E-state index contributed by atoms with van der Waals surface area (Å²) in [5.74, 6) is -1.10. The van der Waals surface area contributed by atoms with Crippen LogP contribution in [-0.4, -0.2) is 20.9 Å². The number of hydrogen-bond acceptors (Lipinski definition) is 2. The second-order valence-corrected chi connectivity index (χ2v) is 5.99. The number of benzene rings is 2. The van der Waals surface area contributed by atoms with E-state index < -0.39 is 5.97 Å². The van der Waals surface area contributed by atoms with Crippen molar-refractivity contribution in [2.45, 2.75) is 20.8 Å². The second kappa shape index (κ2) is 7.55. The van der Waals surface area contributed by atoms with E-state index in [2.05, 4.69) is 18.1 Å². The third kappa shape index (κ3) is 3.86. The number of aryl methyl sites for hydroxylation is 3. The maximum atomic E-state index is 11.4. The van der Waals surface area contributed by atoms with Gasteiger partial charge >= 0.3 is 0 Å². The summed E-state index contributed by atoms with van der Waals surface area (Å²) in [4.78, 5) is 11.4. The Morgan fingerprint density at radius 1 is 1.12 bits per heavy atom. The molecular formula is C20H18N2O2Y-2. The number of rotatable bonds is 3. The van der Waals surface area contributed by atoms with Crippen LogP contribution >= 0.6 is 0 Å². The van der Waals surface area contributed by atoms with Gasteiger partial charge in [0.25, 0.3) is 0 Å². The van der Waals surface area contributed by atoms with E-state index in [1.165, 1.54) is 0 Å². The predicted octanol–water partition coefficient (Wildman–Crippen LogP) is 4.14. The van der Waals surface area contributed by atoms with Crippen molar-refractivity contribution < 1.29 is 42.6 Å². The third-order valence-corrected chi connectivity index (χ3v) is 3.95. The van der Waals surface area contributed by atoms with Gasteiger partial charge in [0.1, 0.15) is 0 Å². The van der Waals surface area contributed by atoms with Crippen LogP contribution in [0.25, 0.3) is 16.9 Å². The van der Waals surface area contributed by atoms with Crippen LogP contribution in [0.2, 0.25) is 0 Å². The molecule has 0 spiro atoms. The monoisotopic (exact) mass is 407 g/mol. The first kappa shape index (κ1) is 19.4. The largest absolute Gasteiger partial charge is 0.533 e. The molecule has 1 radical (unpaired) electrons. The van der Waals surface area contributed by atoms with Crippen molar-refractivity contribution in [2.75, 3.05) is 0 Å².